The molecular weight excluding hydrogens is 347 g/mol. The number of benzene rings is 1. The van der Waals surface area contributed by atoms with Crippen LogP contribution in [-0.4, -0.2) is 23.5 Å². The summed E-state index contributed by atoms with van der Waals surface area (Å²) in [5.74, 6) is -1.88. The second kappa shape index (κ2) is 5.71. The maximum absolute atomic E-state index is 12.5. The van der Waals surface area contributed by atoms with Crippen LogP contribution in [0.2, 0.25) is 0 Å². The lowest BCUT2D eigenvalue weighted by atomic mass is 10.2. The van der Waals surface area contributed by atoms with Gasteiger partial charge in [-0.05, 0) is 18.2 Å². The van der Waals surface area contributed by atoms with E-state index in [1.165, 1.54) is 36.7 Å². The third-order valence-electron chi connectivity index (χ3n) is 2.95. The van der Waals surface area contributed by atoms with Gasteiger partial charge in [-0.25, -0.2) is 8.42 Å². The van der Waals surface area contributed by atoms with E-state index in [2.05, 4.69) is 25.7 Å². The molecule has 3 rings (SSSR count). The summed E-state index contributed by atoms with van der Waals surface area (Å²) in [6.07, 6.45) is -2.16. The third-order valence-corrected chi connectivity index (χ3v) is 4.66. The predicted molar refractivity (Wildman–Crippen MR) is 73.3 cm³/mol. The summed E-state index contributed by atoms with van der Waals surface area (Å²) in [6, 6.07) is 8.85. The summed E-state index contributed by atoms with van der Waals surface area (Å²) in [6.45, 7) is 0. The molecule has 0 aliphatic heterocycles. The number of nitrogens with zero attached hydrogens (tertiary/aromatic N) is 3. The highest BCUT2D eigenvalue weighted by molar-refractivity contribution is 7.91. The van der Waals surface area contributed by atoms with Gasteiger partial charge in [0, 0.05) is 24.0 Å². The van der Waals surface area contributed by atoms with Crippen LogP contribution in [0.4, 0.5) is 13.2 Å². The third kappa shape index (κ3) is 3.00. The molecule has 0 N–H and O–H groups in total. The van der Waals surface area contributed by atoms with Crippen LogP contribution >= 0.6 is 0 Å². The largest absolute Gasteiger partial charge is 0.471 e. The number of hydrogen-bond donors (Lipinski definition) is 0. The van der Waals surface area contributed by atoms with Crippen molar-refractivity contribution in [3.8, 4) is 11.4 Å². The maximum atomic E-state index is 12.5. The van der Waals surface area contributed by atoms with Crippen LogP contribution in [0.5, 0.6) is 0 Å². The highest BCUT2D eigenvalue weighted by Crippen LogP contribution is 2.30. The van der Waals surface area contributed by atoms with Gasteiger partial charge in [-0.2, -0.15) is 18.2 Å². The van der Waals surface area contributed by atoms with Gasteiger partial charge in [0.05, 0.1) is 9.79 Å². The summed E-state index contributed by atoms with van der Waals surface area (Å²) in [5, 5.41) is 3.22. The Kier molecular flexibility index (Phi) is 3.84. The zero-order valence-electron chi connectivity index (χ0n) is 11.6. The van der Waals surface area contributed by atoms with Gasteiger partial charge in [0.15, 0.2) is 0 Å². The monoisotopic (exact) mass is 354 g/mol. The van der Waals surface area contributed by atoms with Gasteiger partial charge in [0.2, 0.25) is 15.7 Å². The molecule has 0 bridgehead atoms. The molecule has 0 aliphatic rings. The highest BCUT2D eigenvalue weighted by Gasteiger charge is 2.38. The van der Waals surface area contributed by atoms with E-state index in [9.17, 15) is 21.6 Å². The molecule has 2 aromatic heterocycles. The molecule has 123 valence electrons. The van der Waals surface area contributed by atoms with Crippen LogP contribution in [0.3, 0.4) is 0 Å². The summed E-state index contributed by atoms with van der Waals surface area (Å²) in [5.41, 5.74) is 0.0561. The van der Waals surface area contributed by atoms with Crippen molar-refractivity contribution < 1.29 is 26.1 Å². The number of rotatable bonds is 3. The fraction of sp³-hybridized carbons (Fsp3) is 0.0714. The van der Waals surface area contributed by atoms with Crippen LogP contribution in [0.25, 0.3) is 11.4 Å². The molecule has 0 unspecified atom stereocenters. The smallest absolute Gasteiger partial charge is 0.329 e. The van der Waals surface area contributed by atoms with Gasteiger partial charge in [0.25, 0.3) is 0 Å². The molecule has 1 radical (unpaired) electrons. The molecular formula is C14H7F3N3O3S. The van der Waals surface area contributed by atoms with Crippen molar-refractivity contribution in [3.63, 3.8) is 0 Å². The molecule has 0 amide bonds. The SMILES string of the molecule is O=S(=O)(c1[c]ccc(-c2noc(C(F)(F)F)n2)c1)c1ccncc1. The molecule has 10 heteroatoms. The molecule has 1 aromatic carbocycles. The van der Waals surface area contributed by atoms with Crippen molar-refractivity contribution in [3.05, 3.63) is 54.7 Å². The number of sulfone groups is 1. The Hall–Kier alpha value is -2.75. The number of hydrogen-bond acceptors (Lipinski definition) is 6. The first kappa shape index (κ1) is 16.1. The molecule has 2 heterocycles. The molecule has 3 aromatic rings. The Morgan fingerprint density at radius 2 is 1.83 bits per heavy atom. The van der Waals surface area contributed by atoms with Gasteiger partial charge < -0.3 is 4.52 Å². The molecule has 0 spiro atoms. The zero-order chi connectivity index (χ0) is 17.4. The summed E-state index contributed by atoms with van der Waals surface area (Å²) in [4.78, 5) is 6.71. The molecule has 0 atom stereocenters. The lowest BCUT2D eigenvalue weighted by Crippen LogP contribution is -2.05. The van der Waals surface area contributed by atoms with Crippen molar-refractivity contribution in [2.45, 2.75) is 16.0 Å². The first-order valence-corrected chi connectivity index (χ1v) is 7.85. The molecule has 24 heavy (non-hydrogen) atoms. The van der Waals surface area contributed by atoms with E-state index < -0.39 is 21.9 Å². The predicted octanol–water partition coefficient (Wildman–Crippen LogP) is 2.78. The Morgan fingerprint density at radius 1 is 1.12 bits per heavy atom. The normalized spacial score (nSPS) is 12.3. The van der Waals surface area contributed by atoms with Crippen LogP contribution in [0.15, 0.2) is 57.0 Å². The van der Waals surface area contributed by atoms with Crippen LogP contribution < -0.4 is 0 Å². The number of halogens is 3. The van der Waals surface area contributed by atoms with Gasteiger partial charge >= 0.3 is 12.1 Å². The number of aromatic nitrogens is 3. The Balaban J connectivity index is 2.03. The summed E-state index contributed by atoms with van der Waals surface area (Å²) >= 11 is 0. The summed E-state index contributed by atoms with van der Waals surface area (Å²) < 4.78 is 66.6. The average molecular weight is 354 g/mol. The maximum Gasteiger partial charge on any atom is 0.471 e. The van der Waals surface area contributed by atoms with E-state index >= 15 is 0 Å². The second-order valence-corrected chi connectivity index (χ2v) is 6.47. The average Bonchev–Trinajstić information content (AvgIpc) is 3.06. The highest BCUT2D eigenvalue weighted by atomic mass is 32.2. The molecule has 0 saturated heterocycles. The van der Waals surface area contributed by atoms with Gasteiger partial charge in [0.1, 0.15) is 0 Å². The topological polar surface area (TPSA) is 86.0 Å². The minimum absolute atomic E-state index is 0.0185. The first-order valence-electron chi connectivity index (χ1n) is 6.36. The van der Waals surface area contributed by atoms with Crippen molar-refractivity contribution in [2.75, 3.05) is 0 Å². The molecule has 0 aliphatic carbocycles. The quantitative estimate of drug-likeness (QED) is 0.719. The molecule has 6 nitrogen and oxygen atoms in total. The minimum Gasteiger partial charge on any atom is -0.329 e. The first-order chi connectivity index (χ1) is 11.3. The van der Waals surface area contributed by atoms with Gasteiger partial charge in [-0.15, -0.1) is 0 Å². The van der Waals surface area contributed by atoms with Crippen molar-refractivity contribution in [1.29, 1.82) is 0 Å². The van der Waals surface area contributed by atoms with E-state index in [4.69, 9.17) is 0 Å². The minimum atomic E-state index is -4.78. The van der Waals surface area contributed by atoms with Crippen LogP contribution in [-0.2, 0) is 16.0 Å². The molecule has 0 fully saturated rings. The van der Waals surface area contributed by atoms with Crippen molar-refractivity contribution >= 4 is 9.84 Å². The van der Waals surface area contributed by atoms with E-state index in [0.29, 0.717) is 0 Å². The lowest BCUT2D eigenvalue weighted by molar-refractivity contribution is -0.159. The Bertz CT molecular complexity index is 969. The van der Waals surface area contributed by atoms with E-state index in [-0.39, 0.29) is 21.2 Å². The van der Waals surface area contributed by atoms with Crippen molar-refractivity contribution in [1.82, 2.24) is 15.1 Å². The van der Waals surface area contributed by atoms with E-state index in [1.807, 2.05) is 0 Å². The Labute approximate surface area is 133 Å². The Morgan fingerprint density at radius 3 is 2.46 bits per heavy atom. The van der Waals surface area contributed by atoms with Crippen LogP contribution in [0.1, 0.15) is 5.89 Å². The second-order valence-electron chi connectivity index (χ2n) is 4.55. The van der Waals surface area contributed by atoms with Gasteiger partial charge in [-0.3, -0.25) is 4.98 Å². The number of pyridine rings is 1. The summed E-state index contributed by atoms with van der Waals surface area (Å²) in [7, 11) is -3.90. The number of alkyl halides is 3. The van der Waals surface area contributed by atoms with Crippen molar-refractivity contribution in [2.24, 2.45) is 0 Å². The van der Waals surface area contributed by atoms with Gasteiger partial charge in [-0.1, -0.05) is 17.3 Å². The van der Waals surface area contributed by atoms with E-state index in [1.54, 1.807) is 0 Å². The molecule has 0 saturated carbocycles. The zero-order valence-corrected chi connectivity index (χ0v) is 12.5. The fourth-order valence-corrected chi connectivity index (χ4v) is 3.08. The standard InChI is InChI=1S/C14H7F3N3O3S/c15-14(16,17)13-19-12(20-23-13)9-2-1-3-11(8-9)24(21,22)10-4-6-18-7-5-10/h1-2,4-8H. The van der Waals surface area contributed by atoms with Crippen LogP contribution in [0, 0.1) is 6.07 Å². The fourth-order valence-electron chi connectivity index (χ4n) is 1.84. The lowest BCUT2D eigenvalue weighted by Gasteiger charge is -2.04. The van der Waals surface area contributed by atoms with E-state index in [0.717, 1.165) is 6.07 Å².